The van der Waals surface area contributed by atoms with Gasteiger partial charge in [0.15, 0.2) is 0 Å². The number of benzene rings is 2. The van der Waals surface area contributed by atoms with E-state index in [0.717, 1.165) is 29.6 Å². The Kier molecular flexibility index (Phi) is 5.48. The average Bonchev–Trinajstić information content (AvgIpc) is 2.51. The van der Waals surface area contributed by atoms with Crippen LogP contribution in [0.2, 0.25) is 0 Å². The first-order chi connectivity index (χ1) is 9.81. The zero-order valence-corrected chi connectivity index (χ0v) is 12.3. The van der Waals surface area contributed by atoms with Gasteiger partial charge in [-0.3, -0.25) is 0 Å². The number of anilines is 1. The highest BCUT2D eigenvalue weighted by atomic mass is 16.5. The van der Waals surface area contributed by atoms with Crippen LogP contribution in [0.3, 0.4) is 0 Å². The summed E-state index contributed by atoms with van der Waals surface area (Å²) in [5.74, 6) is 2.48. The average molecular weight is 269 g/mol. The fourth-order valence-electron chi connectivity index (χ4n) is 2.10. The van der Waals surface area contributed by atoms with Crippen molar-refractivity contribution in [2.24, 2.45) is 5.92 Å². The first-order valence-corrected chi connectivity index (χ1v) is 7.38. The SMILES string of the molecule is CCC(CC)CNc1ccc(Oc2ccccc2)cc1. The molecule has 0 aliphatic heterocycles. The highest BCUT2D eigenvalue weighted by Gasteiger charge is 2.03. The number of rotatable bonds is 7. The molecule has 0 saturated heterocycles. The number of hydrogen-bond donors (Lipinski definition) is 1. The maximum atomic E-state index is 5.77. The van der Waals surface area contributed by atoms with Crippen LogP contribution in [0.1, 0.15) is 26.7 Å². The van der Waals surface area contributed by atoms with Gasteiger partial charge in [0, 0.05) is 12.2 Å². The summed E-state index contributed by atoms with van der Waals surface area (Å²) in [5, 5.41) is 3.48. The number of para-hydroxylation sites is 1. The van der Waals surface area contributed by atoms with Crippen LogP contribution in [0.4, 0.5) is 5.69 Å². The molecule has 0 fully saturated rings. The minimum Gasteiger partial charge on any atom is -0.457 e. The molecule has 2 rings (SSSR count). The third-order valence-corrected chi connectivity index (χ3v) is 3.58. The Labute approximate surface area is 121 Å². The van der Waals surface area contributed by atoms with Crippen molar-refractivity contribution in [1.29, 1.82) is 0 Å². The lowest BCUT2D eigenvalue weighted by Crippen LogP contribution is -2.12. The van der Waals surface area contributed by atoms with Gasteiger partial charge in [-0.15, -0.1) is 0 Å². The highest BCUT2D eigenvalue weighted by molar-refractivity contribution is 5.47. The van der Waals surface area contributed by atoms with Gasteiger partial charge in [0.1, 0.15) is 11.5 Å². The zero-order chi connectivity index (χ0) is 14.2. The van der Waals surface area contributed by atoms with Gasteiger partial charge in [0.25, 0.3) is 0 Å². The van der Waals surface area contributed by atoms with Gasteiger partial charge >= 0.3 is 0 Å². The van der Waals surface area contributed by atoms with Crippen LogP contribution < -0.4 is 10.1 Å². The Bertz CT molecular complexity index is 489. The van der Waals surface area contributed by atoms with E-state index in [0.29, 0.717) is 0 Å². The Balaban J connectivity index is 1.90. The van der Waals surface area contributed by atoms with Crippen molar-refractivity contribution < 1.29 is 4.74 Å². The third kappa shape index (κ3) is 4.30. The van der Waals surface area contributed by atoms with Crippen LogP contribution in [0, 0.1) is 5.92 Å². The van der Waals surface area contributed by atoms with Gasteiger partial charge in [-0.05, 0) is 42.3 Å². The van der Waals surface area contributed by atoms with E-state index >= 15 is 0 Å². The normalized spacial score (nSPS) is 10.6. The van der Waals surface area contributed by atoms with Gasteiger partial charge in [-0.1, -0.05) is 44.9 Å². The minimum absolute atomic E-state index is 0.746. The van der Waals surface area contributed by atoms with Crippen LogP contribution in [0.25, 0.3) is 0 Å². The molecule has 2 aromatic rings. The first-order valence-electron chi connectivity index (χ1n) is 7.38. The Morgan fingerprint density at radius 3 is 2.05 bits per heavy atom. The van der Waals surface area contributed by atoms with Gasteiger partial charge in [0.2, 0.25) is 0 Å². The second kappa shape index (κ2) is 7.59. The summed E-state index contributed by atoms with van der Waals surface area (Å²) in [4.78, 5) is 0. The third-order valence-electron chi connectivity index (χ3n) is 3.58. The molecule has 106 valence electrons. The molecule has 0 aliphatic rings. The lowest BCUT2D eigenvalue weighted by atomic mass is 10.0. The van der Waals surface area contributed by atoms with E-state index in [-0.39, 0.29) is 0 Å². The number of ether oxygens (including phenoxy) is 1. The largest absolute Gasteiger partial charge is 0.457 e. The fraction of sp³-hybridized carbons (Fsp3) is 0.333. The van der Waals surface area contributed by atoms with E-state index < -0.39 is 0 Å². The lowest BCUT2D eigenvalue weighted by Gasteiger charge is -2.14. The Morgan fingerprint density at radius 1 is 0.850 bits per heavy atom. The summed E-state index contributed by atoms with van der Waals surface area (Å²) in [6.07, 6.45) is 2.44. The highest BCUT2D eigenvalue weighted by Crippen LogP contribution is 2.22. The van der Waals surface area contributed by atoms with Crippen LogP contribution in [0.5, 0.6) is 11.5 Å². The molecule has 2 nitrogen and oxygen atoms in total. The Morgan fingerprint density at radius 2 is 1.45 bits per heavy atom. The van der Waals surface area contributed by atoms with Gasteiger partial charge in [-0.25, -0.2) is 0 Å². The van der Waals surface area contributed by atoms with Crippen LogP contribution in [-0.4, -0.2) is 6.54 Å². The molecule has 0 unspecified atom stereocenters. The van der Waals surface area contributed by atoms with Crippen molar-refractivity contribution in [3.8, 4) is 11.5 Å². The second-order valence-corrected chi connectivity index (χ2v) is 5.00. The monoisotopic (exact) mass is 269 g/mol. The minimum atomic E-state index is 0.746. The first kappa shape index (κ1) is 14.4. The number of nitrogens with one attached hydrogen (secondary N) is 1. The van der Waals surface area contributed by atoms with E-state index in [1.54, 1.807) is 0 Å². The second-order valence-electron chi connectivity index (χ2n) is 5.00. The van der Waals surface area contributed by atoms with Crippen molar-refractivity contribution in [3.63, 3.8) is 0 Å². The van der Waals surface area contributed by atoms with E-state index in [2.05, 4.69) is 31.3 Å². The Hall–Kier alpha value is -1.96. The van der Waals surface area contributed by atoms with Crippen LogP contribution >= 0.6 is 0 Å². The fourth-order valence-corrected chi connectivity index (χ4v) is 2.10. The summed E-state index contributed by atoms with van der Waals surface area (Å²) in [7, 11) is 0. The molecule has 2 aromatic carbocycles. The summed E-state index contributed by atoms with van der Waals surface area (Å²) >= 11 is 0. The van der Waals surface area contributed by atoms with Gasteiger partial charge in [0.05, 0.1) is 0 Å². The standard InChI is InChI=1S/C18H23NO/c1-3-15(4-2)14-19-16-10-12-18(13-11-16)20-17-8-6-5-7-9-17/h5-13,15,19H,3-4,14H2,1-2H3. The van der Waals surface area contributed by atoms with Crippen molar-refractivity contribution in [3.05, 3.63) is 54.6 Å². The molecule has 0 radical (unpaired) electrons. The molecule has 2 heteroatoms. The maximum Gasteiger partial charge on any atom is 0.127 e. The molecule has 0 aliphatic carbocycles. The molecular weight excluding hydrogens is 246 g/mol. The quantitative estimate of drug-likeness (QED) is 0.733. The lowest BCUT2D eigenvalue weighted by molar-refractivity contribution is 0.482. The van der Waals surface area contributed by atoms with E-state index in [4.69, 9.17) is 4.74 Å². The summed E-state index contributed by atoms with van der Waals surface area (Å²) in [5.41, 5.74) is 1.15. The molecule has 0 aromatic heterocycles. The van der Waals surface area contributed by atoms with Crippen molar-refractivity contribution in [2.75, 3.05) is 11.9 Å². The predicted octanol–water partition coefficient (Wildman–Crippen LogP) is 5.33. The smallest absolute Gasteiger partial charge is 0.127 e. The van der Waals surface area contributed by atoms with Gasteiger partial charge < -0.3 is 10.1 Å². The molecule has 0 heterocycles. The van der Waals surface area contributed by atoms with Crippen LogP contribution in [-0.2, 0) is 0 Å². The summed E-state index contributed by atoms with van der Waals surface area (Å²) in [6, 6.07) is 18.0. The molecule has 1 N–H and O–H groups in total. The molecule has 0 spiro atoms. The molecule has 0 saturated carbocycles. The molecule has 0 amide bonds. The van der Waals surface area contributed by atoms with Crippen molar-refractivity contribution in [1.82, 2.24) is 0 Å². The molecule has 0 bridgehead atoms. The van der Waals surface area contributed by atoms with Crippen molar-refractivity contribution >= 4 is 5.69 Å². The topological polar surface area (TPSA) is 21.3 Å². The zero-order valence-electron chi connectivity index (χ0n) is 12.3. The van der Waals surface area contributed by atoms with E-state index in [1.807, 2.05) is 42.5 Å². The van der Waals surface area contributed by atoms with E-state index in [9.17, 15) is 0 Å². The van der Waals surface area contributed by atoms with Crippen molar-refractivity contribution in [2.45, 2.75) is 26.7 Å². The molecule has 0 atom stereocenters. The molecule has 20 heavy (non-hydrogen) atoms. The summed E-state index contributed by atoms with van der Waals surface area (Å²) < 4.78 is 5.77. The number of hydrogen-bond acceptors (Lipinski definition) is 2. The van der Waals surface area contributed by atoms with Gasteiger partial charge in [-0.2, -0.15) is 0 Å². The predicted molar refractivity (Wildman–Crippen MR) is 85.5 cm³/mol. The summed E-state index contributed by atoms with van der Waals surface area (Å²) in [6.45, 7) is 5.52. The van der Waals surface area contributed by atoms with Crippen LogP contribution in [0.15, 0.2) is 54.6 Å². The molecular formula is C18H23NO. The maximum absolute atomic E-state index is 5.77. The van der Waals surface area contributed by atoms with E-state index in [1.165, 1.54) is 12.8 Å².